The smallest absolute Gasteiger partial charge is 0.314 e. The summed E-state index contributed by atoms with van der Waals surface area (Å²) >= 11 is 0. The molecular formula is C44H72O24. The number of rotatable bonds is 12. The van der Waals surface area contributed by atoms with Crippen molar-refractivity contribution in [1.29, 1.82) is 0 Å². The van der Waals surface area contributed by atoms with Crippen molar-refractivity contribution in [3.8, 4) is 0 Å². The van der Waals surface area contributed by atoms with Gasteiger partial charge in [0.15, 0.2) is 18.9 Å². The Balaban J connectivity index is 1.08. The van der Waals surface area contributed by atoms with Gasteiger partial charge in [0.1, 0.15) is 103 Å². The molecule has 68 heavy (non-hydrogen) atoms. The minimum atomic E-state index is -1.99. The fourth-order valence-corrected chi connectivity index (χ4v) is 14.0. The molecule has 0 aromatic carbocycles. The van der Waals surface area contributed by atoms with E-state index in [1.807, 2.05) is 6.92 Å². The Morgan fingerprint density at radius 3 is 1.50 bits per heavy atom. The lowest BCUT2D eigenvalue weighted by Gasteiger charge is -2.64. The standard InChI is InChI=1S/C44H72O24/c1-40-7-4-8-41(2,39(59)67-37-32(58)29(55)25(51)19(13-47)63-37)21(40)5-9-43-15-42(3,60)44(16-43,10-6-22(40)43)68-38-34(66-36-31(57)28(54)24(50)18(12-46)62-36)33(26(52)20(14-48)64-38)65-35-30(56)27(53)23(49)17(11-45)61-35/h17-38,45-58,60H,4-16H2,1-3H3/t17?,18?,19?,20?,21-,22-,23?,24?,25?,26?,27?,28?,29?,30?,31?,32?,33?,34?,35?,36?,37?,38?,40+,41+,42?,43+,44-/m0/s1. The van der Waals surface area contributed by atoms with Crippen molar-refractivity contribution in [2.75, 3.05) is 26.4 Å². The van der Waals surface area contributed by atoms with Crippen molar-refractivity contribution >= 4 is 5.97 Å². The van der Waals surface area contributed by atoms with Gasteiger partial charge in [-0.25, -0.2) is 0 Å². The number of esters is 1. The molecule has 21 unspecified atom stereocenters. The van der Waals surface area contributed by atoms with Crippen molar-refractivity contribution in [1.82, 2.24) is 0 Å². The van der Waals surface area contributed by atoms with Crippen molar-refractivity contribution in [2.45, 2.75) is 213 Å². The van der Waals surface area contributed by atoms with Crippen LogP contribution in [0.25, 0.3) is 0 Å². The predicted octanol–water partition coefficient (Wildman–Crippen LogP) is -5.92. The lowest BCUT2D eigenvalue weighted by atomic mass is 9.41. The van der Waals surface area contributed by atoms with Crippen LogP contribution >= 0.6 is 0 Å². The highest BCUT2D eigenvalue weighted by Crippen LogP contribution is 2.74. The Morgan fingerprint density at radius 2 is 0.971 bits per heavy atom. The molecule has 4 saturated carbocycles. The van der Waals surface area contributed by atoms with Crippen molar-refractivity contribution < 1.29 is 119 Å². The molecule has 1 spiro atoms. The van der Waals surface area contributed by atoms with Crippen LogP contribution in [0.3, 0.4) is 0 Å². The lowest BCUT2D eigenvalue weighted by molar-refractivity contribution is -0.406. The molecule has 4 saturated heterocycles. The number of aliphatic hydroxyl groups excluding tert-OH is 14. The van der Waals surface area contributed by atoms with Crippen molar-refractivity contribution in [3.05, 3.63) is 0 Å². The van der Waals surface area contributed by atoms with Crippen LogP contribution in [0.15, 0.2) is 0 Å². The normalized spacial score (nSPS) is 56.1. The van der Waals surface area contributed by atoms with Crippen LogP contribution in [0.2, 0.25) is 0 Å². The Bertz CT molecular complexity index is 1760. The first-order valence-electron chi connectivity index (χ1n) is 23.7. The number of carbonyl (C=O) groups excluding carboxylic acids is 1. The number of fused-ring (bicyclic) bond motifs is 3. The molecule has 8 aliphatic rings. The van der Waals surface area contributed by atoms with E-state index in [1.165, 1.54) is 0 Å². The van der Waals surface area contributed by atoms with Crippen LogP contribution in [0.5, 0.6) is 0 Å². The number of hydrogen-bond acceptors (Lipinski definition) is 24. The Labute approximate surface area is 391 Å². The first-order chi connectivity index (χ1) is 32.0. The number of hydrogen-bond donors (Lipinski definition) is 15. The van der Waals surface area contributed by atoms with Gasteiger partial charge in [0.25, 0.3) is 0 Å². The summed E-state index contributed by atoms with van der Waals surface area (Å²) in [4.78, 5) is 14.3. The number of aliphatic hydroxyl groups is 15. The molecule has 0 aromatic rings. The third-order valence-corrected chi connectivity index (χ3v) is 17.6. The van der Waals surface area contributed by atoms with Crippen molar-refractivity contribution in [2.24, 2.45) is 28.1 Å². The van der Waals surface area contributed by atoms with Gasteiger partial charge < -0.3 is 114 Å². The number of ether oxygens (including phenoxy) is 8. The Hall–Kier alpha value is -1.41. The highest BCUT2D eigenvalue weighted by atomic mass is 16.8. The van der Waals surface area contributed by atoms with E-state index in [9.17, 15) is 81.4 Å². The molecule has 24 nitrogen and oxygen atoms in total. The molecule has 4 aliphatic carbocycles. The van der Waals surface area contributed by atoms with E-state index in [2.05, 4.69) is 6.92 Å². The molecule has 2 bridgehead atoms. The highest BCUT2D eigenvalue weighted by Gasteiger charge is 2.73. The van der Waals surface area contributed by atoms with E-state index in [4.69, 9.17) is 37.9 Å². The summed E-state index contributed by atoms with van der Waals surface area (Å²) in [7, 11) is 0. The fraction of sp³-hybridized carbons (Fsp3) is 0.977. The summed E-state index contributed by atoms with van der Waals surface area (Å²) in [6, 6.07) is 0. The van der Waals surface area contributed by atoms with Gasteiger partial charge in [0, 0.05) is 0 Å². The zero-order chi connectivity index (χ0) is 49.6. The van der Waals surface area contributed by atoms with Crippen LogP contribution in [-0.2, 0) is 42.7 Å². The summed E-state index contributed by atoms with van der Waals surface area (Å²) in [6.45, 7) is 2.35. The highest BCUT2D eigenvalue weighted by molar-refractivity contribution is 5.77. The second kappa shape index (κ2) is 19.5. The monoisotopic (exact) mass is 984 g/mol. The molecule has 392 valence electrons. The Kier molecular flexibility index (Phi) is 15.1. The van der Waals surface area contributed by atoms with Gasteiger partial charge in [-0.1, -0.05) is 13.3 Å². The maximum atomic E-state index is 14.3. The van der Waals surface area contributed by atoms with Gasteiger partial charge in [-0.05, 0) is 87.9 Å². The quantitative estimate of drug-likeness (QED) is 0.0639. The average molecular weight is 985 g/mol. The summed E-state index contributed by atoms with van der Waals surface area (Å²) in [5.41, 5.74) is -5.28. The zero-order valence-corrected chi connectivity index (χ0v) is 38.3. The average Bonchev–Trinajstić information content (AvgIpc) is 3.46. The van der Waals surface area contributed by atoms with E-state index >= 15 is 0 Å². The van der Waals surface area contributed by atoms with Gasteiger partial charge in [-0.3, -0.25) is 4.79 Å². The van der Waals surface area contributed by atoms with Gasteiger partial charge >= 0.3 is 5.97 Å². The molecule has 0 amide bonds. The third-order valence-electron chi connectivity index (χ3n) is 17.6. The minimum absolute atomic E-state index is 0.0955. The minimum Gasteiger partial charge on any atom is -0.432 e. The van der Waals surface area contributed by atoms with Crippen LogP contribution < -0.4 is 0 Å². The predicted molar refractivity (Wildman–Crippen MR) is 221 cm³/mol. The van der Waals surface area contributed by atoms with Gasteiger partial charge in [-0.2, -0.15) is 0 Å². The van der Waals surface area contributed by atoms with Crippen LogP contribution in [-0.4, -0.2) is 243 Å². The van der Waals surface area contributed by atoms with Gasteiger partial charge in [0.05, 0.1) is 37.4 Å². The lowest BCUT2D eigenvalue weighted by Crippen LogP contribution is -2.68. The van der Waals surface area contributed by atoms with Crippen LogP contribution in [0, 0.1) is 28.1 Å². The first kappa shape index (κ1) is 52.9. The Morgan fingerprint density at radius 1 is 0.515 bits per heavy atom. The molecule has 27 atom stereocenters. The molecule has 0 radical (unpaired) electrons. The van der Waals surface area contributed by atoms with Crippen LogP contribution in [0.1, 0.15) is 78.6 Å². The molecular weight excluding hydrogens is 912 g/mol. The van der Waals surface area contributed by atoms with Crippen molar-refractivity contribution in [3.63, 3.8) is 0 Å². The van der Waals surface area contributed by atoms with Crippen LogP contribution in [0.4, 0.5) is 0 Å². The maximum Gasteiger partial charge on any atom is 0.314 e. The summed E-state index contributed by atoms with van der Waals surface area (Å²) in [5, 5.41) is 160. The molecule has 24 heteroatoms. The molecule has 0 aromatic heterocycles. The van der Waals surface area contributed by atoms with E-state index in [1.54, 1.807) is 6.92 Å². The maximum absolute atomic E-state index is 14.3. The van der Waals surface area contributed by atoms with E-state index in [-0.39, 0.29) is 31.1 Å². The number of carbonyl (C=O) groups is 1. The second-order valence-corrected chi connectivity index (χ2v) is 21.5. The fourth-order valence-electron chi connectivity index (χ4n) is 14.0. The van der Waals surface area contributed by atoms with E-state index in [0.717, 1.165) is 6.42 Å². The summed E-state index contributed by atoms with van der Waals surface area (Å²) in [6.07, 6.45) is -31.0. The third kappa shape index (κ3) is 8.57. The second-order valence-electron chi connectivity index (χ2n) is 21.5. The molecule has 4 heterocycles. The molecule has 15 N–H and O–H groups in total. The van der Waals surface area contributed by atoms with Gasteiger partial charge in [0.2, 0.25) is 6.29 Å². The molecule has 4 aliphatic heterocycles. The molecule has 8 fully saturated rings. The SMILES string of the molecule is CC1(O)C[C@@]23CC[C@H]4[C@@](C)(CCC[C@@]4(C)C(=O)OC4OC(CO)C(O)C(O)C4O)[C@@H]2CC[C@]1(OC1OC(CO)C(O)C(OC2OC(CO)C(O)C(O)C2O)C1OC1OC(CO)C(O)C(O)C1O)C3. The zero-order valence-electron chi connectivity index (χ0n) is 38.3. The first-order valence-corrected chi connectivity index (χ1v) is 23.7. The van der Waals surface area contributed by atoms with E-state index < -0.39 is 183 Å². The largest absolute Gasteiger partial charge is 0.432 e. The summed E-state index contributed by atoms with van der Waals surface area (Å²) < 4.78 is 48.1. The molecule has 8 rings (SSSR count). The topological polar surface area (TPSA) is 394 Å². The summed E-state index contributed by atoms with van der Waals surface area (Å²) in [5.74, 6) is -1.02. The van der Waals surface area contributed by atoms with E-state index in [0.29, 0.717) is 32.1 Å². The van der Waals surface area contributed by atoms with Gasteiger partial charge in [-0.15, -0.1) is 0 Å².